The molecule has 3 aromatic rings. The Morgan fingerprint density at radius 3 is 2.61 bits per heavy atom. The average molecular weight is 447 g/mol. The second-order valence-electron chi connectivity index (χ2n) is 7.83. The number of hydrogen-bond acceptors (Lipinski definition) is 5. The number of nitrogens with zero attached hydrogens (tertiary/aromatic N) is 3. The molecule has 0 bridgehead atoms. The van der Waals surface area contributed by atoms with Crippen molar-refractivity contribution < 1.29 is 17.2 Å². The van der Waals surface area contributed by atoms with Crippen LogP contribution in [-0.4, -0.2) is 29.4 Å². The van der Waals surface area contributed by atoms with Crippen LogP contribution in [0.2, 0.25) is 0 Å². The fourth-order valence-electron chi connectivity index (χ4n) is 3.91. The Hall–Kier alpha value is -2.65. The summed E-state index contributed by atoms with van der Waals surface area (Å²) in [7, 11) is -3.42. The third-order valence-corrected chi connectivity index (χ3v) is 6.66. The monoisotopic (exact) mass is 446 g/mol. The highest BCUT2D eigenvalue weighted by molar-refractivity contribution is 7.90. The van der Waals surface area contributed by atoms with Crippen molar-refractivity contribution in [2.45, 2.75) is 49.7 Å². The maximum absolute atomic E-state index is 14.0. The van der Waals surface area contributed by atoms with Crippen LogP contribution in [-0.2, 0) is 29.3 Å². The van der Waals surface area contributed by atoms with Crippen molar-refractivity contribution in [3.05, 3.63) is 76.9 Å². The van der Waals surface area contributed by atoms with Gasteiger partial charge >= 0.3 is 0 Å². The van der Waals surface area contributed by atoms with E-state index in [1.54, 1.807) is 18.2 Å². The van der Waals surface area contributed by atoms with Crippen LogP contribution >= 0.6 is 0 Å². The SMILES string of the molecule is CS(=O)(=O)c1cccc(C(NCc2nnc3n2CCCCC3)c2ccc(F)c(F)c2)c1. The van der Waals surface area contributed by atoms with Gasteiger partial charge in [0.1, 0.15) is 11.6 Å². The summed E-state index contributed by atoms with van der Waals surface area (Å²) in [4.78, 5) is 0.163. The summed E-state index contributed by atoms with van der Waals surface area (Å²) in [6, 6.07) is 9.61. The maximum atomic E-state index is 14.0. The lowest BCUT2D eigenvalue weighted by Crippen LogP contribution is -2.24. The molecular weight excluding hydrogens is 422 g/mol. The first-order chi connectivity index (χ1) is 14.8. The van der Waals surface area contributed by atoms with Crippen molar-refractivity contribution in [1.29, 1.82) is 0 Å². The Balaban J connectivity index is 1.68. The van der Waals surface area contributed by atoms with Crippen LogP contribution in [0.25, 0.3) is 0 Å². The standard InChI is InChI=1S/C22H24F2N4O2S/c1-31(29,30)17-7-5-6-15(12-17)22(16-9-10-18(23)19(24)13-16)25-14-21-27-26-20-8-3-2-4-11-28(20)21/h5-7,9-10,12-13,22,25H,2-4,8,11,14H2,1H3. The van der Waals surface area contributed by atoms with Gasteiger partial charge in [0, 0.05) is 19.2 Å². The molecule has 4 rings (SSSR count). The summed E-state index contributed by atoms with van der Waals surface area (Å²) in [6.45, 7) is 1.19. The fourth-order valence-corrected chi connectivity index (χ4v) is 4.59. The minimum absolute atomic E-state index is 0.163. The molecule has 0 saturated carbocycles. The highest BCUT2D eigenvalue weighted by Crippen LogP contribution is 2.26. The van der Waals surface area contributed by atoms with Crippen molar-refractivity contribution in [3.8, 4) is 0 Å². The molecule has 2 heterocycles. The van der Waals surface area contributed by atoms with Gasteiger partial charge in [0.2, 0.25) is 0 Å². The molecule has 1 aliphatic heterocycles. The summed E-state index contributed by atoms with van der Waals surface area (Å²) >= 11 is 0. The number of aromatic nitrogens is 3. The summed E-state index contributed by atoms with van der Waals surface area (Å²) in [5.41, 5.74) is 1.12. The molecule has 6 nitrogen and oxygen atoms in total. The lowest BCUT2D eigenvalue weighted by molar-refractivity contribution is 0.500. The molecule has 1 atom stereocenters. The van der Waals surface area contributed by atoms with E-state index in [1.165, 1.54) is 12.1 Å². The molecule has 31 heavy (non-hydrogen) atoms. The van der Waals surface area contributed by atoms with Gasteiger partial charge in [0.15, 0.2) is 21.5 Å². The number of nitrogens with one attached hydrogen (secondary N) is 1. The molecule has 1 aliphatic rings. The number of fused-ring (bicyclic) bond motifs is 1. The second-order valence-corrected chi connectivity index (χ2v) is 9.84. The first-order valence-electron chi connectivity index (χ1n) is 10.2. The topological polar surface area (TPSA) is 76.9 Å². The number of benzene rings is 2. The molecule has 0 saturated heterocycles. The molecule has 1 N–H and O–H groups in total. The Labute approximate surface area is 180 Å². The summed E-state index contributed by atoms with van der Waals surface area (Å²) < 4.78 is 53.7. The van der Waals surface area contributed by atoms with Gasteiger partial charge in [-0.25, -0.2) is 17.2 Å². The number of sulfone groups is 1. The molecule has 2 aromatic carbocycles. The van der Waals surface area contributed by atoms with Gasteiger partial charge in [-0.15, -0.1) is 10.2 Å². The zero-order valence-electron chi connectivity index (χ0n) is 17.2. The van der Waals surface area contributed by atoms with E-state index >= 15 is 0 Å². The van der Waals surface area contributed by atoms with Gasteiger partial charge < -0.3 is 4.57 Å². The zero-order valence-corrected chi connectivity index (χ0v) is 18.0. The second kappa shape index (κ2) is 8.84. The summed E-state index contributed by atoms with van der Waals surface area (Å²) in [5, 5.41) is 11.9. The first-order valence-corrected chi connectivity index (χ1v) is 12.1. The summed E-state index contributed by atoms with van der Waals surface area (Å²) in [5.74, 6) is -0.170. The lowest BCUT2D eigenvalue weighted by atomic mass is 9.98. The van der Waals surface area contributed by atoms with Crippen LogP contribution < -0.4 is 5.32 Å². The summed E-state index contributed by atoms with van der Waals surface area (Å²) in [6.07, 6.45) is 5.31. The van der Waals surface area contributed by atoms with Crippen molar-refractivity contribution in [2.75, 3.05) is 6.26 Å². The molecule has 9 heteroatoms. The molecule has 0 amide bonds. The van der Waals surface area contributed by atoms with Crippen molar-refractivity contribution in [2.24, 2.45) is 0 Å². The van der Waals surface area contributed by atoms with Gasteiger partial charge in [-0.1, -0.05) is 24.6 Å². The van der Waals surface area contributed by atoms with Gasteiger partial charge in [-0.2, -0.15) is 0 Å². The van der Waals surface area contributed by atoms with Gasteiger partial charge in [-0.05, 0) is 48.2 Å². The minimum Gasteiger partial charge on any atom is -0.314 e. The van der Waals surface area contributed by atoms with Gasteiger partial charge in [-0.3, -0.25) is 5.32 Å². The predicted octanol–water partition coefficient (Wildman–Crippen LogP) is 3.57. The van der Waals surface area contributed by atoms with E-state index in [-0.39, 0.29) is 4.90 Å². The van der Waals surface area contributed by atoms with Crippen molar-refractivity contribution in [3.63, 3.8) is 0 Å². The van der Waals surface area contributed by atoms with Crippen LogP contribution in [0.1, 0.15) is 48.1 Å². The fraction of sp³-hybridized carbons (Fsp3) is 0.364. The predicted molar refractivity (Wildman–Crippen MR) is 112 cm³/mol. The highest BCUT2D eigenvalue weighted by atomic mass is 32.2. The van der Waals surface area contributed by atoms with Crippen LogP contribution in [0.4, 0.5) is 8.78 Å². The molecular formula is C22H24F2N4O2S. The molecule has 0 radical (unpaired) electrons. The minimum atomic E-state index is -3.42. The quantitative estimate of drug-likeness (QED) is 0.627. The van der Waals surface area contributed by atoms with E-state index in [4.69, 9.17) is 0 Å². The Bertz CT molecular complexity index is 1190. The van der Waals surface area contributed by atoms with E-state index in [9.17, 15) is 17.2 Å². The molecule has 164 valence electrons. The smallest absolute Gasteiger partial charge is 0.175 e. The van der Waals surface area contributed by atoms with E-state index < -0.39 is 27.5 Å². The van der Waals surface area contributed by atoms with Crippen LogP contribution in [0.3, 0.4) is 0 Å². The first kappa shape index (κ1) is 21.6. The third kappa shape index (κ3) is 4.83. The largest absolute Gasteiger partial charge is 0.314 e. The number of halogens is 2. The highest BCUT2D eigenvalue weighted by Gasteiger charge is 2.20. The zero-order chi connectivity index (χ0) is 22.0. The average Bonchev–Trinajstić information content (AvgIpc) is 2.96. The Morgan fingerprint density at radius 2 is 1.84 bits per heavy atom. The van der Waals surface area contributed by atoms with Gasteiger partial charge in [0.05, 0.1) is 17.5 Å². The Kier molecular flexibility index (Phi) is 6.15. The van der Waals surface area contributed by atoms with Crippen LogP contribution in [0.5, 0.6) is 0 Å². The number of aryl methyl sites for hydroxylation is 1. The van der Waals surface area contributed by atoms with Crippen molar-refractivity contribution in [1.82, 2.24) is 20.1 Å². The normalized spacial score (nSPS) is 15.3. The molecule has 1 unspecified atom stereocenters. The lowest BCUT2D eigenvalue weighted by Gasteiger charge is -2.21. The third-order valence-electron chi connectivity index (χ3n) is 5.55. The molecule has 1 aromatic heterocycles. The molecule has 0 spiro atoms. The van der Waals surface area contributed by atoms with E-state index in [0.29, 0.717) is 17.7 Å². The maximum Gasteiger partial charge on any atom is 0.175 e. The van der Waals surface area contributed by atoms with Crippen LogP contribution in [0, 0.1) is 11.6 Å². The van der Waals surface area contributed by atoms with E-state index in [0.717, 1.165) is 62.3 Å². The van der Waals surface area contributed by atoms with E-state index in [1.807, 2.05) is 0 Å². The number of hydrogen-bond donors (Lipinski definition) is 1. The van der Waals surface area contributed by atoms with Crippen molar-refractivity contribution >= 4 is 9.84 Å². The van der Waals surface area contributed by atoms with Crippen LogP contribution in [0.15, 0.2) is 47.4 Å². The Morgan fingerprint density at radius 1 is 1.03 bits per heavy atom. The number of rotatable bonds is 6. The molecule has 0 aliphatic carbocycles. The van der Waals surface area contributed by atoms with Gasteiger partial charge in [0.25, 0.3) is 0 Å². The van der Waals surface area contributed by atoms with E-state index in [2.05, 4.69) is 20.1 Å². The molecule has 0 fully saturated rings.